The van der Waals surface area contributed by atoms with Gasteiger partial charge in [-0.1, -0.05) is 0 Å². The van der Waals surface area contributed by atoms with Crippen LogP contribution in [0.5, 0.6) is 0 Å². The molecule has 1 spiro atoms. The standard InChI is InChI=1S/C27H29N7O2/c35-25-24-5-8-27-17-36-13-12-33(27)23-4-3-21(15-19(23)16-34(24)27)31-26-30-11-7-22(32-26)18-6-10-28-20(14-18)2-1-9-29-25/h3-4,6-7,10-11,14-15,24H,1-2,5,8-9,12-13,16-17H2,(H,29,35)(H,30,31,32). The van der Waals surface area contributed by atoms with Crippen molar-refractivity contribution < 1.29 is 9.53 Å². The minimum atomic E-state index is -0.259. The SMILES string of the molecule is O=C1NCCCc2cc(ccn2)-c2ccnc(n2)Nc2ccc3c(c2)CN2C1CCC21COCCN31. The molecule has 9 nitrogen and oxygen atoms in total. The van der Waals surface area contributed by atoms with Gasteiger partial charge < -0.3 is 20.3 Å². The second-order valence-corrected chi connectivity index (χ2v) is 10.0. The average Bonchev–Trinajstić information content (AvgIpc) is 3.27. The number of nitrogens with zero attached hydrogens (tertiary/aromatic N) is 5. The summed E-state index contributed by atoms with van der Waals surface area (Å²) in [5, 5.41) is 6.61. The lowest BCUT2D eigenvalue weighted by Crippen LogP contribution is -2.68. The Hall–Kier alpha value is -3.56. The Morgan fingerprint density at radius 1 is 1.11 bits per heavy atom. The number of nitrogens with one attached hydrogen (secondary N) is 2. The summed E-state index contributed by atoms with van der Waals surface area (Å²) in [6.45, 7) is 3.48. The first kappa shape index (κ1) is 21.7. The van der Waals surface area contributed by atoms with Crippen LogP contribution in [0.2, 0.25) is 0 Å². The van der Waals surface area contributed by atoms with Crippen molar-refractivity contribution in [2.45, 2.75) is 43.9 Å². The number of ether oxygens (including phenoxy) is 1. The van der Waals surface area contributed by atoms with Crippen LogP contribution in [0.25, 0.3) is 11.3 Å². The fourth-order valence-electron chi connectivity index (χ4n) is 6.27. The summed E-state index contributed by atoms with van der Waals surface area (Å²) in [4.78, 5) is 32.0. The lowest BCUT2D eigenvalue weighted by Gasteiger charge is -2.55. The van der Waals surface area contributed by atoms with E-state index in [0.717, 1.165) is 54.9 Å². The molecule has 2 atom stereocenters. The Bertz CT molecular complexity index is 1330. The van der Waals surface area contributed by atoms with Crippen molar-refractivity contribution in [2.75, 3.05) is 36.5 Å². The van der Waals surface area contributed by atoms with E-state index >= 15 is 0 Å². The van der Waals surface area contributed by atoms with Gasteiger partial charge >= 0.3 is 0 Å². The van der Waals surface area contributed by atoms with Gasteiger partial charge in [-0.15, -0.1) is 0 Å². The Morgan fingerprint density at radius 2 is 2.06 bits per heavy atom. The van der Waals surface area contributed by atoms with E-state index < -0.39 is 0 Å². The normalized spacial score (nSPS) is 25.4. The second kappa shape index (κ2) is 8.53. The van der Waals surface area contributed by atoms with Crippen LogP contribution in [-0.4, -0.2) is 63.8 Å². The van der Waals surface area contributed by atoms with Gasteiger partial charge in [-0.05, 0) is 67.6 Å². The molecule has 1 aromatic carbocycles. The minimum absolute atomic E-state index is 0.112. The highest BCUT2D eigenvalue weighted by atomic mass is 16.5. The smallest absolute Gasteiger partial charge is 0.237 e. The van der Waals surface area contributed by atoms with Crippen molar-refractivity contribution in [3.05, 3.63) is 60.0 Å². The fraction of sp³-hybridized carbons (Fsp3) is 0.407. The lowest BCUT2D eigenvalue weighted by molar-refractivity contribution is -0.129. The van der Waals surface area contributed by atoms with Crippen molar-refractivity contribution >= 4 is 23.2 Å². The maximum atomic E-state index is 13.4. The zero-order valence-corrected chi connectivity index (χ0v) is 20.1. The highest BCUT2D eigenvalue weighted by Crippen LogP contribution is 2.47. The van der Waals surface area contributed by atoms with Crippen LogP contribution in [0.4, 0.5) is 17.3 Å². The predicted molar refractivity (Wildman–Crippen MR) is 136 cm³/mol. The second-order valence-electron chi connectivity index (χ2n) is 10.0. The van der Waals surface area contributed by atoms with Crippen LogP contribution in [0.15, 0.2) is 48.8 Å². The van der Waals surface area contributed by atoms with Crippen molar-refractivity contribution in [3.63, 3.8) is 0 Å². The summed E-state index contributed by atoms with van der Waals surface area (Å²) in [6.07, 6.45) is 6.97. The number of hydrogen-bond acceptors (Lipinski definition) is 8. The van der Waals surface area contributed by atoms with E-state index in [9.17, 15) is 4.79 Å². The minimum Gasteiger partial charge on any atom is -0.376 e. The predicted octanol–water partition coefficient (Wildman–Crippen LogP) is 2.86. The number of benzene rings is 1. The van der Waals surface area contributed by atoms with Crippen LogP contribution in [0, 0.1) is 0 Å². The number of hydrogen-bond donors (Lipinski definition) is 2. The van der Waals surface area contributed by atoms with Crippen molar-refractivity contribution in [3.8, 4) is 11.3 Å². The molecule has 3 aromatic rings. The molecule has 2 N–H and O–H groups in total. The van der Waals surface area contributed by atoms with Crippen LogP contribution in [-0.2, 0) is 22.5 Å². The summed E-state index contributed by atoms with van der Waals surface area (Å²) in [5.41, 5.74) is 5.95. The van der Waals surface area contributed by atoms with Gasteiger partial charge in [-0.2, -0.15) is 0 Å². The van der Waals surface area contributed by atoms with Crippen LogP contribution in [0.1, 0.15) is 30.5 Å². The molecular weight excluding hydrogens is 454 g/mol. The summed E-state index contributed by atoms with van der Waals surface area (Å²) in [6, 6.07) is 12.2. The molecule has 2 saturated heterocycles. The average molecular weight is 484 g/mol. The van der Waals surface area contributed by atoms with E-state index in [1.54, 1.807) is 6.20 Å². The lowest BCUT2D eigenvalue weighted by atomic mass is 9.96. The molecule has 2 unspecified atom stereocenters. The van der Waals surface area contributed by atoms with E-state index in [-0.39, 0.29) is 17.6 Å². The molecule has 0 radical (unpaired) electrons. The Morgan fingerprint density at radius 3 is 3.03 bits per heavy atom. The molecular formula is C27H29N7O2. The molecule has 1 amide bonds. The van der Waals surface area contributed by atoms with E-state index in [1.807, 2.05) is 18.3 Å². The molecule has 7 bridgehead atoms. The molecule has 7 rings (SSSR count). The molecule has 2 fully saturated rings. The Balaban J connectivity index is 1.31. The number of aromatic nitrogens is 3. The molecule has 36 heavy (non-hydrogen) atoms. The highest BCUT2D eigenvalue weighted by Gasteiger charge is 2.56. The van der Waals surface area contributed by atoms with Gasteiger partial charge in [0.05, 0.1) is 24.9 Å². The number of carbonyl (C=O) groups is 1. The van der Waals surface area contributed by atoms with Crippen LogP contribution >= 0.6 is 0 Å². The highest BCUT2D eigenvalue weighted by molar-refractivity contribution is 5.83. The first-order valence-corrected chi connectivity index (χ1v) is 12.8. The van der Waals surface area contributed by atoms with Crippen molar-refractivity contribution in [1.82, 2.24) is 25.2 Å². The Kier molecular flexibility index (Phi) is 5.14. The number of rotatable bonds is 0. The zero-order chi connectivity index (χ0) is 24.1. The van der Waals surface area contributed by atoms with E-state index in [2.05, 4.69) is 54.7 Å². The molecule has 184 valence electrons. The number of carbonyl (C=O) groups excluding carboxylic acids is 1. The molecule has 6 heterocycles. The molecule has 4 aliphatic heterocycles. The number of pyridine rings is 1. The number of morpholine rings is 1. The summed E-state index contributed by atoms with van der Waals surface area (Å²) in [5.74, 6) is 0.670. The quantitative estimate of drug-likeness (QED) is 0.504. The zero-order valence-electron chi connectivity index (χ0n) is 20.1. The largest absolute Gasteiger partial charge is 0.376 e. The molecule has 9 heteroatoms. The fourth-order valence-corrected chi connectivity index (χ4v) is 6.27. The van der Waals surface area contributed by atoms with Gasteiger partial charge in [0.15, 0.2) is 0 Å². The topological polar surface area (TPSA) is 95.5 Å². The van der Waals surface area contributed by atoms with Gasteiger partial charge in [-0.3, -0.25) is 14.7 Å². The number of amides is 1. The van der Waals surface area contributed by atoms with Crippen molar-refractivity contribution in [1.29, 1.82) is 0 Å². The summed E-state index contributed by atoms with van der Waals surface area (Å²) in [7, 11) is 0. The number of anilines is 3. The summed E-state index contributed by atoms with van der Waals surface area (Å²) >= 11 is 0. The van der Waals surface area contributed by atoms with Gasteiger partial charge in [0, 0.05) is 54.7 Å². The molecule has 2 aromatic heterocycles. The molecule has 0 aliphatic carbocycles. The van der Waals surface area contributed by atoms with Crippen molar-refractivity contribution in [2.24, 2.45) is 0 Å². The Labute approximate surface area is 209 Å². The maximum Gasteiger partial charge on any atom is 0.237 e. The van der Waals surface area contributed by atoms with E-state index in [1.165, 1.54) is 11.3 Å². The van der Waals surface area contributed by atoms with Gasteiger partial charge in [0.2, 0.25) is 11.9 Å². The van der Waals surface area contributed by atoms with Gasteiger partial charge in [0.25, 0.3) is 0 Å². The first-order valence-electron chi connectivity index (χ1n) is 12.8. The van der Waals surface area contributed by atoms with E-state index in [0.29, 0.717) is 32.3 Å². The molecule has 4 aliphatic rings. The van der Waals surface area contributed by atoms with Crippen LogP contribution in [0.3, 0.4) is 0 Å². The molecule has 0 saturated carbocycles. The number of aryl methyl sites for hydroxylation is 1. The summed E-state index contributed by atoms with van der Waals surface area (Å²) < 4.78 is 5.99. The third-order valence-electron chi connectivity index (χ3n) is 7.97. The third-order valence-corrected chi connectivity index (χ3v) is 7.97. The third kappa shape index (κ3) is 3.53. The monoisotopic (exact) mass is 483 g/mol. The van der Waals surface area contributed by atoms with Crippen LogP contribution < -0.4 is 15.5 Å². The number of fused-ring (bicyclic) bond motifs is 7. The van der Waals surface area contributed by atoms with Gasteiger partial charge in [0.1, 0.15) is 5.66 Å². The maximum absolute atomic E-state index is 13.4. The van der Waals surface area contributed by atoms with E-state index in [4.69, 9.17) is 9.72 Å². The first-order chi connectivity index (χ1) is 17.7. The van der Waals surface area contributed by atoms with Gasteiger partial charge in [-0.25, -0.2) is 9.97 Å².